The van der Waals surface area contributed by atoms with Crippen LogP contribution >= 0.6 is 0 Å². The van der Waals surface area contributed by atoms with Crippen LogP contribution in [-0.2, 0) is 28.6 Å². The van der Waals surface area contributed by atoms with Crippen molar-refractivity contribution in [3.05, 3.63) is 10.4 Å². The summed E-state index contributed by atoms with van der Waals surface area (Å²) in [5.41, 5.74) is 8.82. The van der Waals surface area contributed by atoms with Crippen molar-refractivity contribution in [2.45, 2.75) is 70.8 Å². The highest BCUT2D eigenvalue weighted by Gasteiger charge is 2.41. The van der Waals surface area contributed by atoms with E-state index < -0.39 is 42.3 Å². The van der Waals surface area contributed by atoms with Crippen molar-refractivity contribution in [1.82, 2.24) is 0 Å². The van der Waals surface area contributed by atoms with Gasteiger partial charge in [-0.2, -0.15) is 0 Å². The molecule has 0 aromatic carbocycles. The van der Waals surface area contributed by atoms with Gasteiger partial charge in [0, 0.05) is 25.7 Å². The number of rotatable bonds is 4. The van der Waals surface area contributed by atoms with Crippen LogP contribution in [0.15, 0.2) is 5.11 Å². The number of ether oxygens (including phenoxy) is 3. The largest absolute Gasteiger partial charge is 0.462 e. The SMILES string of the molecule is CC(=O)O[C@H]1[C@H](N=[N+]=[N-])[C@@H](OC(C)=O)CCCC[C@H]1OC(C)=O. The van der Waals surface area contributed by atoms with Crippen molar-refractivity contribution in [3.8, 4) is 0 Å². The van der Waals surface area contributed by atoms with E-state index in [0.29, 0.717) is 25.7 Å². The lowest BCUT2D eigenvalue weighted by atomic mass is 9.90. The second kappa shape index (κ2) is 8.99. The Morgan fingerprint density at radius 3 is 1.87 bits per heavy atom. The third-order valence-corrected chi connectivity index (χ3v) is 3.43. The Morgan fingerprint density at radius 2 is 1.39 bits per heavy atom. The molecule has 1 rings (SSSR count). The first-order valence-corrected chi connectivity index (χ1v) is 7.41. The van der Waals surface area contributed by atoms with Crippen molar-refractivity contribution in [2.75, 3.05) is 0 Å². The zero-order chi connectivity index (χ0) is 17.4. The van der Waals surface area contributed by atoms with E-state index >= 15 is 0 Å². The van der Waals surface area contributed by atoms with E-state index in [4.69, 9.17) is 19.7 Å². The highest BCUT2D eigenvalue weighted by Crippen LogP contribution is 2.28. The van der Waals surface area contributed by atoms with E-state index in [1.165, 1.54) is 20.8 Å². The first kappa shape index (κ1) is 18.8. The molecule has 0 saturated heterocycles. The molecule has 1 aliphatic rings. The number of nitrogens with zero attached hydrogens (tertiary/aromatic N) is 3. The first-order chi connectivity index (χ1) is 10.8. The van der Waals surface area contributed by atoms with Crippen LogP contribution < -0.4 is 0 Å². The molecule has 0 spiro atoms. The fourth-order valence-corrected chi connectivity index (χ4v) is 2.68. The molecule has 0 aromatic heterocycles. The van der Waals surface area contributed by atoms with Gasteiger partial charge in [-0.05, 0) is 31.2 Å². The van der Waals surface area contributed by atoms with Gasteiger partial charge in [-0.1, -0.05) is 5.11 Å². The summed E-state index contributed by atoms with van der Waals surface area (Å²) in [5, 5.41) is 3.65. The van der Waals surface area contributed by atoms with Crippen molar-refractivity contribution < 1.29 is 28.6 Å². The summed E-state index contributed by atoms with van der Waals surface area (Å²) in [4.78, 5) is 36.8. The molecule has 23 heavy (non-hydrogen) atoms. The van der Waals surface area contributed by atoms with E-state index in [9.17, 15) is 14.4 Å². The number of azide groups is 1. The molecule has 0 aromatic rings. The van der Waals surface area contributed by atoms with Gasteiger partial charge in [0.1, 0.15) is 18.2 Å². The van der Waals surface area contributed by atoms with Crippen LogP contribution in [0, 0.1) is 0 Å². The number of carbonyl (C=O) groups is 3. The molecular weight excluding hydrogens is 306 g/mol. The molecule has 0 unspecified atom stereocenters. The van der Waals surface area contributed by atoms with Crippen LogP contribution in [0.1, 0.15) is 46.5 Å². The number of hydrogen-bond acceptors (Lipinski definition) is 7. The fourth-order valence-electron chi connectivity index (χ4n) is 2.68. The third kappa shape index (κ3) is 6.15. The molecule has 1 saturated carbocycles. The molecule has 0 amide bonds. The number of carbonyl (C=O) groups excluding carboxylic acids is 3. The van der Waals surface area contributed by atoms with Gasteiger partial charge in [0.15, 0.2) is 6.10 Å². The van der Waals surface area contributed by atoms with E-state index in [1.807, 2.05) is 0 Å². The van der Waals surface area contributed by atoms with Crippen molar-refractivity contribution >= 4 is 17.9 Å². The van der Waals surface area contributed by atoms with Gasteiger partial charge in [0.25, 0.3) is 0 Å². The van der Waals surface area contributed by atoms with E-state index in [0.717, 1.165) is 0 Å². The summed E-state index contributed by atoms with van der Waals surface area (Å²) >= 11 is 0. The Labute approximate surface area is 133 Å². The van der Waals surface area contributed by atoms with Crippen LogP contribution in [0.2, 0.25) is 0 Å². The highest BCUT2D eigenvalue weighted by atomic mass is 16.6. The summed E-state index contributed by atoms with van der Waals surface area (Å²) in [6.45, 7) is 3.70. The maximum absolute atomic E-state index is 11.4. The third-order valence-electron chi connectivity index (χ3n) is 3.43. The predicted molar refractivity (Wildman–Crippen MR) is 78.1 cm³/mol. The van der Waals surface area contributed by atoms with Gasteiger partial charge in [0.05, 0.1) is 0 Å². The van der Waals surface area contributed by atoms with Crippen LogP contribution in [0.3, 0.4) is 0 Å². The minimum Gasteiger partial charge on any atom is -0.462 e. The molecule has 1 aliphatic carbocycles. The standard InChI is InChI=1S/C14H21N3O6/c1-8(18)21-11-6-4-5-7-12(22-9(2)19)14(23-10(3)20)13(11)16-17-15/h11-14H,4-7H2,1-3H3/t11-,12+,13+,14+/m0/s1. The second-order valence-electron chi connectivity index (χ2n) is 5.35. The summed E-state index contributed by atoms with van der Waals surface area (Å²) in [5.74, 6) is -1.66. The van der Waals surface area contributed by atoms with Crippen LogP contribution in [0.25, 0.3) is 10.4 Å². The molecule has 0 aliphatic heterocycles. The minimum absolute atomic E-state index is 0.460. The maximum atomic E-state index is 11.4. The van der Waals surface area contributed by atoms with Crippen LogP contribution in [0.5, 0.6) is 0 Å². The smallest absolute Gasteiger partial charge is 0.303 e. The Morgan fingerprint density at radius 1 is 0.913 bits per heavy atom. The molecule has 9 nitrogen and oxygen atoms in total. The average Bonchev–Trinajstić information content (AvgIpc) is 2.42. The molecule has 128 valence electrons. The van der Waals surface area contributed by atoms with Crippen LogP contribution in [0.4, 0.5) is 0 Å². The van der Waals surface area contributed by atoms with Gasteiger partial charge in [0.2, 0.25) is 0 Å². The van der Waals surface area contributed by atoms with Crippen molar-refractivity contribution in [1.29, 1.82) is 0 Å². The number of esters is 3. The van der Waals surface area contributed by atoms with E-state index in [2.05, 4.69) is 10.0 Å². The molecule has 1 fully saturated rings. The summed E-state index contributed by atoms with van der Waals surface area (Å²) in [6, 6.07) is -0.961. The first-order valence-electron chi connectivity index (χ1n) is 7.41. The normalized spacial score (nSPS) is 27.6. The van der Waals surface area contributed by atoms with Crippen molar-refractivity contribution in [3.63, 3.8) is 0 Å². The van der Waals surface area contributed by atoms with Crippen LogP contribution in [-0.4, -0.2) is 42.3 Å². The highest BCUT2D eigenvalue weighted by molar-refractivity contribution is 5.68. The Bertz CT molecular complexity index is 503. The molecule has 9 heteroatoms. The summed E-state index contributed by atoms with van der Waals surface area (Å²) in [6.07, 6.45) is -0.195. The zero-order valence-electron chi connectivity index (χ0n) is 13.4. The van der Waals surface area contributed by atoms with Gasteiger partial charge in [-0.3, -0.25) is 14.4 Å². The lowest BCUT2D eigenvalue weighted by molar-refractivity contribution is -0.174. The zero-order valence-corrected chi connectivity index (χ0v) is 13.4. The molecule has 0 bridgehead atoms. The van der Waals surface area contributed by atoms with E-state index in [-0.39, 0.29) is 0 Å². The fraction of sp³-hybridized carbons (Fsp3) is 0.786. The number of hydrogen-bond donors (Lipinski definition) is 0. The molecular formula is C14H21N3O6. The van der Waals surface area contributed by atoms with Gasteiger partial charge in [-0.25, -0.2) is 0 Å². The van der Waals surface area contributed by atoms with Gasteiger partial charge < -0.3 is 14.2 Å². The summed E-state index contributed by atoms with van der Waals surface area (Å²) in [7, 11) is 0. The Hall–Kier alpha value is -2.28. The quantitative estimate of drug-likeness (QED) is 0.255. The molecule has 0 heterocycles. The molecule has 0 radical (unpaired) electrons. The second-order valence-corrected chi connectivity index (χ2v) is 5.35. The monoisotopic (exact) mass is 327 g/mol. The van der Waals surface area contributed by atoms with Gasteiger partial charge >= 0.3 is 17.9 Å². The lowest BCUT2D eigenvalue weighted by Crippen LogP contribution is -2.49. The Balaban J connectivity index is 3.18. The Kier molecular flexibility index (Phi) is 7.34. The van der Waals surface area contributed by atoms with E-state index in [1.54, 1.807) is 0 Å². The topological polar surface area (TPSA) is 128 Å². The molecule has 0 N–H and O–H groups in total. The van der Waals surface area contributed by atoms with Crippen molar-refractivity contribution in [2.24, 2.45) is 5.11 Å². The summed E-state index contributed by atoms with van der Waals surface area (Å²) < 4.78 is 15.7. The minimum atomic E-state index is -1.00. The molecule has 4 atom stereocenters. The predicted octanol–water partition coefficient (Wildman–Crippen LogP) is 2.03. The maximum Gasteiger partial charge on any atom is 0.303 e. The average molecular weight is 327 g/mol. The lowest BCUT2D eigenvalue weighted by Gasteiger charge is -2.35. The van der Waals surface area contributed by atoms with Gasteiger partial charge in [-0.15, -0.1) is 0 Å².